The van der Waals surface area contributed by atoms with Gasteiger partial charge in [-0.25, -0.2) is 0 Å². The number of nitrogens with zero attached hydrogens (tertiary/aromatic N) is 3. The molecule has 1 aromatic carbocycles. The molecule has 0 unspecified atom stereocenters. The minimum Gasteiger partial charge on any atom is -0.496 e. The van der Waals surface area contributed by atoms with Crippen LogP contribution in [0.15, 0.2) is 35.6 Å². The van der Waals surface area contributed by atoms with E-state index in [1.54, 1.807) is 18.0 Å². The lowest BCUT2D eigenvalue weighted by molar-refractivity contribution is -0.125. The summed E-state index contributed by atoms with van der Waals surface area (Å²) < 4.78 is 7.02. The van der Waals surface area contributed by atoms with E-state index in [4.69, 9.17) is 9.57 Å². The zero-order valence-electron chi connectivity index (χ0n) is 13.2. The number of rotatable bonds is 4. The van der Waals surface area contributed by atoms with Crippen molar-refractivity contribution in [3.05, 3.63) is 41.7 Å². The fourth-order valence-electron chi connectivity index (χ4n) is 2.39. The zero-order valence-corrected chi connectivity index (χ0v) is 13.2. The van der Waals surface area contributed by atoms with Gasteiger partial charge in [0.05, 0.1) is 30.4 Å². The van der Waals surface area contributed by atoms with E-state index in [-0.39, 0.29) is 5.91 Å². The van der Waals surface area contributed by atoms with Gasteiger partial charge in [-0.1, -0.05) is 17.3 Å². The summed E-state index contributed by atoms with van der Waals surface area (Å²) in [6, 6.07) is 7.53. The lowest BCUT2D eigenvalue weighted by Crippen LogP contribution is -2.28. The normalized spacial score (nSPS) is 16.7. The van der Waals surface area contributed by atoms with E-state index < -0.39 is 6.10 Å². The monoisotopic (exact) mass is 314 g/mol. The van der Waals surface area contributed by atoms with Crippen LogP contribution in [0.3, 0.4) is 0 Å². The van der Waals surface area contributed by atoms with Crippen molar-refractivity contribution in [3.63, 3.8) is 0 Å². The number of benzene rings is 1. The van der Waals surface area contributed by atoms with Gasteiger partial charge in [-0.3, -0.25) is 9.48 Å². The van der Waals surface area contributed by atoms with Crippen LogP contribution in [0, 0.1) is 6.92 Å². The number of anilines is 1. The highest BCUT2D eigenvalue weighted by Gasteiger charge is 2.30. The Balaban J connectivity index is 1.69. The van der Waals surface area contributed by atoms with Crippen LogP contribution in [0.25, 0.3) is 0 Å². The van der Waals surface area contributed by atoms with Crippen molar-refractivity contribution in [1.29, 1.82) is 0 Å². The van der Waals surface area contributed by atoms with Crippen LogP contribution in [0.1, 0.15) is 17.7 Å². The average molecular weight is 314 g/mol. The number of ether oxygens (including phenoxy) is 1. The molecule has 7 heteroatoms. The second kappa shape index (κ2) is 6.12. The van der Waals surface area contributed by atoms with Gasteiger partial charge in [-0.05, 0) is 19.1 Å². The fourth-order valence-corrected chi connectivity index (χ4v) is 2.39. The highest BCUT2D eigenvalue weighted by atomic mass is 16.6. The van der Waals surface area contributed by atoms with Crippen molar-refractivity contribution in [1.82, 2.24) is 9.78 Å². The highest BCUT2D eigenvalue weighted by molar-refractivity contribution is 6.07. The SMILES string of the molecule is COc1ccccc1C1=NO[C@@H](C(=O)Nc2cnn(C)c2C)C1. The summed E-state index contributed by atoms with van der Waals surface area (Å²) in [5, 5.41) is 11.0. The van der Waals surface area contributed by atoms with E-state index in [9.17, 15) is 4.79 Å². The van der Waals surface area contributed by atoms with E-state index in [0.717, 1.165) is 11.3 Å². The number of methoxy groups -OCH3 is 1. The van der Waals surface area contributed by atoms with Crippen molar-refractivity contribution in [2.24, 2.45) is 12.2 Å². The standard InChI is InChI=1S/C16H18N4O3/c1-10-13(9-17-20(10)2)18-16(21)15-8-12(19-23-15)11-6-4-5-7-14(11)22-3/h4-7,9,15H,8H2,1-3H3,(H,18,21)/t15-/m1/s1. The van der Waals surface area contributed by atoms with Crippen LogP contribution in [0.2, 0.25) is 0 Å². The van der Waals surface area contributed by atoms with Gasteiger partial charge in [-0.15, -0.1) is 0 Å². The third-order valence-corrected chi connectivity index (χ3v) is 3.87. The first-order chi connectivity index (χ1) is 11.1. The Hall–Kier alpha value is -2.83. The zero-order chi connectivity index (χ0) is 16.4. The first-order valence-corrected chi connectivity index (χ1v) is 7.25. The molecule has 1 atom stereocenters. The van der Waals surface area contributed by atoms with Gasteiger partial charge >= 0.3 is 0 Å². The molecule has 2 heterocycles. The van der Waals surface area contributed by atoms with E-state index >= 15 is 0 Å². The highest BCUT2D eigenvalue weighted by Crippen LogP contribution is 2.25. The Labute approximate surface area is 133 Å². The molecule has 120 valence electrons. The van der Waals surface area contributed by atoms with Crippen molar-refractivity contribution in [3.8, 4) is 5.75 Å². The van der Waals surface area contributed by atoms with Gasteiger partial charge in [0.1, 0.15) is 5.75 Å². The number of aromatic nitrogens is 2. The van der Waals surface area contributed by atoms with Gasteiger partial charge < -0.3 is 14.9 Å². The van der Waals surface area contributed by atoms with Crippen molar-refractivity contribution < 1.29 is 14.4 Å². The minimum atomic E-state index is -0.658. The molecule has 23 heavy (non-hydrogen) atoms. The Kier molecular flexibility index (Phi) is 4.01. The summed E-state index contributed by atoms with van der Waals surface area (Å²) in [4.78, 5) is 17.6. The van der Waals surface area contributed by atoms with Crippen LogP contribution >= 0.6 is 0 Å². The number of para-hydroxylation sites is 1. The summed E-state index contributed by atoms with van der Waals surface area (Å²) in [5.74, 6) is 0.466. The maximum atomic E-state index is 12.3. The number of oxime groups is 1. The van der Waals surface area contributed by atoms with Crippen LogP contribution in [-0.4, -0.2) is 34.6 Å². The van der Waals surface area contributed by atoms with Crippen LogP contribution in [0.5, 0.6) is 5.75 Å². The second-order valence-electron chi connectivity index (χ2n) is 5.29. The first-order valence-electron chi connectivity index (χ1n) is 7.25. The van der Waals surface area contributed by atoms with Crippen molar-refractivity contribution in [2.75, 3.05) is 12.4 Å². The number of hydrogen-bond donors (Lipinski definition) is 1. The summed E-state index contributed by atoms with van der Waals surface area (Å²) >= 11 is 0. The largest absolute Gasteiger partial charge is 0.496 e. The van der Waals surface area contributed by atoms with Crippen molar-refractivity contribution in [2.45, 2.75) is 19.4 Å². The lowest BCUT2D eigenvalue weighted by Gasteiger charge is -2.09. The molecule has 7 nitrogen and oxygen atoms in total. The Bertz CT molecular complexity index is 766. The molecule has 0 spiro atoms. The van der Waals surface area contributed by atoms with Gasteiger partial charge in [0, 0.05) is 19.0 Å². The molecule has 1 aliphatic heterocycles. The molecule has 1 amide bonds. The molecule has 1 aromatic heterocycles. The second-order valence-corrected chi connectivity index (χ2v) is 5.29. The minimum absolute atomic E-state index is 0.241. The van der Waals surface area contributed by atoms with E-state index in [1.165, 1.54) is 0 Å². The number of amides is 1. The maximum Gasteiger partial charge on any atom is 0.268 e. The molecular weight excluding hydrogens is 296 g/mol. The molecule has 0 saturated heterocycles. The first kappa shape index (κ1) is 15.1. The maximum absolute atomic E-state index is 12.3. The number of aryl methyl sites for hydroxylation is 1. The van der Waals surface area contributed by atoms with Gasteiger partial charge in [0.25, 0.3) is 5.91 Å². The smallest absolute Gasteiger partial charge is 0.268 e. The predicted molar refractivity (Wildman–Crippen MR) is 85.6 cm³/mol. The van der Waals surface area contributed by atoms with Gasteiger partial charge in [-0.2, -0.15) is 5.10 Å². The number of nitrogens with one attached hydrogen (secondary N) is 1. The number of hydrogen-bond acceptors (Lipinski definition) is 5. The summed E-state index contributed by atoms with van der Waals surface area (Å²) in [5.41, 5.74) is 3.09. The Morgan fingerprint density at radius 1 is 1.43 bits per heavy atom. The molecule has 3 rings (SSSR count). The number of carbonyl (C=O) groups excluding carboxylic acids is 1. The third kappa shape index (κ3) is 2.90. The average Bonchev–Trinajstić information content (AvgIpc) is 3.17. The summed E-state index contributed by atoms with van der Waals surface area (Å²) in [6.45, 7) is 1.88. The molecule has 1 aliphatic rings. The van der Waals surface area contributed by atoms with Gasteiger partial charge in [0.2, 0.25) is 6.10 Å². The molecule has 0 fully saturated rings. The molecule has 0 saturated carbocycles. The quantitative estimate of drug-likeness (QED) is 0.934. The summed E-state index contributed by atoms with van der Waals surface area (Å²) in [7, 11) is 3.42. The molecule has 0 aliphatic carbocycles. The van der Waals surface area contributed by atoms with E-state index in [2.05, 4.69) is 15.6 Å². The molecular formula is C16H18N4O3. The molecule has 0 bridgehead atoms. The van der Waals surface area contributed by atoms with Crippen molar-refractivity contribution >= 4 is 17.3 Å². The fraction of sp³-hybridized carbons (Fsp3) is 0.312. The Morgan fingerprint density at radius 2 is 2.22 bits per heavy atom. The van der Waals surface area contributed by atoms with Gasteiger partial charge in [0.15, 0.2) is 0 Å². The summed E-state index contributed by atoms with van der Waals surface area (Å²) in [6.07, 6.45) is 1.35. The Morgan fingerprint density at radius 3 is 2.91 bits per heavy atom. The van der Waals surface area contributed by atoms with Crippen LogP contribution in [-0.2, 0) is 16.7 Å². The lowest BCUT2D eigenvalue weighted by atomic mass is 10.0. The molecule has 2 aromatic rings. The predicted octanol–water partition coefficient (Wildman–Crippen LogP) is 1.87. The molecule has 1 N–H and O–H groups in total. The molecule has 0 radical (unpaired) electrons. The van der Waals surface area contributed by atoms with E-state index in [0.29, 0.717) is 23.6 Å². The van der Waals surface area contributed by atoms with Crippen LogP contribution in [0.4, 0.5) is 5.69 Å². The topological polar surface area (TPSA) is 77.7 Å². The van der Waals surface area contributed by atoms with Crippen LogP contribution < -0.4 is 10.1 Å². The number of carbonyl (C=O) groups is 1. The third-order valence-electron chi connectivity index (χ3n) is 3.87. The van der Waals surface area contributed by atoms with E-state index in [1.807, 2.05) is 38.2 Å².